The lowest BCUT2D eigenvalue weighted by Gasteiger charge is -2.29. The zero-order valence-corrected chi connectivity index (χ0v) is 14.8. The van der Waals surface area contributed by atoms with E-state index in [1.165, 1.54) is 0 Å². The Morgan fingerprint density at radius 3 is 2.75 bits per heavy atom. The van der Waals surface area contributed by atoms with E-state index in [1.807, 2.05) is 12.1 Å². The smallest absolute Gasteiger partial charge is 0.163 e. The van der Waals surface area contributed by atoms with Crippen molar-refractivity contribution in [1.82, 2.24) is 10.1 Å². The second-order valence-electron chi connectivity index (χ2n) is 5.93. The van der Waals surface area contributed by atoms with E-state index in [1.54, 1.807) is 12.1 Å². The maximum atomic E-state index is 9.48. The molecule has 1 aliphatic rings. The van der Waals surface area contributed by atoms with Gasteiger partial charge in [0.2, 0.25) is 0 Å². The number of aliphatic hydroxyl groups excluding tert-OH is 1. The van der Waals surface area contributed by atoms with Crippen molar-refractivity contribution in [1.29, 1.82) is 0 Å². The topological polar surface area (TPSA) is 58.7 Å². The van der Waals surface area contributed by atoms with E-state index in [-0.39, 0.29) is 6.10 Å². The van der Waals surface area contributed by atoms with E-state index in [9.17, 15) is 5.11 Å². The molecule has 0 aliphatic carbocycles. The molecule has 130 valence electrons. The van der Waals surface area contributed by atoms with Gasteiger partial charge in [0.05, 0.1) is 22.8 Å². The van der Waals surface area contributed by atoms with Crippen LogP contribution in [0.2, 0.25) is 10.0 Å². The average molecular weight is 371 g/mol. The SMILES string of the molecule is OC1CCN(CCOCc2cc(-c3ccc(Cl)c(Cl)c3)no2)CC1. The molecule has 3 rings (SSSR count). The molecule has 0 saturated carbocycles. The molecule has 1 aliphatic heterocycles. The van der Waals surface area contributed by atoms with Crippen LogP contribution in [-0.2, 0) is 11.3 Å². The van der Waals surface area contributed by atoms with Crippen LogP contribution >= 0.6 is 23.2 Å². The third-order valence-corrected chi connectivity index (χ3v) is 4.87. The summed E-state index contributed by atoms with van der Waals surface area (Å²) in [5, 5.41) is 14.5. The van der Waals surface area contributed by atoms with Crippen LogP contribution in [0.3, 0.4) is 0 Å². The zero-order chi connectivity index (χ0) is 16.9. The lowest BCUT2D eigenvalue weighted by molar-refractivity contribution is 0.0461. The summed E-state index contributed by atoms with van der Waals surface area (Å²) in [5.41, 5.74) is 1.56. The van der Waals surface area contributed by atoms with Crippen molar-refractivity contribution < 1.29 is 14.4 Å². The van der Waals surface area contributed by atoms with Crippen molar-refractivity contribution in [3.8, 4) is 11.3 Å². The molecule has 24 heavy (non-hydrogen) atoms. The van der Waals surface area contributed by atoms with Crippen LogP contribution in [0.15, 0.2) is 28.8 Å². The third kappa shape index (κ3) is 4.71. The molecule has 0 radical (unpaired) electrons. The molecule has 0 unspecified atom stereocenters. The molecule has 7 heteroatoms. The highest BCUT2D eigenvalue weighted by Crippen LogP contribution is 2.28. The number of aromatic nitrogens is 1. The second kappa shape index (κ2) is 8.32. The van der Waals surface area contributed by atoms with Crippen LogP contribution in [0.25, 0.3) is 11.3 Å². The molecule has 0 atom stereocenters. The van der Waals surface area contributed by atoms with Crippen molar-refractivity contribution in [2.75, 3.05) is 26.2 Å². The number of nitrogens with zero attached hydrogens (tertiary/aromatic N) is 2. The van der Waals surface area contributed by atoms with Crippen LogP contribution in [0, 0.1) is 0 Å². The van der Waals surface area contributed by atoms with Gasteiger partial charge >= 0.3 is 0 Å². The molecular formula is C17H20Cl2N2O3. The highest BCUT2D eigenvalue weighted by atomic mass is 35.5. The molecule has 5 nitrogen and oxygen atoms in total. The Kier molecular flexibility index (Phi) is 6.14. The first-order chi connectivity index (χ1) is 11.6. The van der Waals surface area contributed by atoms with Gasteiger partial charge in [-0.25, -0.2) is 0 Å². The van der Waals surface area contributed by atoms with Gasteiger partial charge in [-0.2, -0.15) is 0 Å². The summed E-state index contributed by atoms with van der Waals surface area (Å²) in [6.07, 6.45) is 1.54. The van der Waals surface area contributed by atoms with E-state index < -0.39 is 0 Å². The van der Waals surface area contributed by atoms with E-state index in [2.05, 4.69) is 10.1 Å². The largest absolute Gasteiger partial charge is 0.393 e. The van der Waals surface area contributed by atoms with E-state index >= 15 is 0 Å². The van der Waals surface area contributed by atoms with E-state index in [0.717, 1.165) is 38.0 Å². The third-order valence-electron chi connectivity index (χ3n) is 4.13. The predicted octanol–water partition coefficient (Wildman–Crippen LogP) is 3.62. The molecule has 1 fully saturated rings. The highest BCUT2D eigenvalue weighted by molar-refractivity contribution is 6.42. The summed E-state index contributed by atoms with van der Waals surface area (Å²) in [4.78, 5) is 2.30. The highest BCUT2D eigenvalue weighted by Gasteiger charge is 2.16. The normalized spacial score (nSPS) is 16.6. The lowest BCUT2D eigenvalue weighted by Crippen LogP contribution is -2.37. The summed E-state index contributed by atoms with van der Waals surface area (Å²) in [6.45, 7) is 3.72. The Morgan fingerprint density at radius 2 is 2.00 bits per heavy atom. The van der Waals surface area contributed by atoms with Crippen LogP contribution < -0.4 is 0 Å². The monoisotopic (exact) mass is 370 g/mol. The van der Waals surface area contributed by atoms with Crippen LogP contribution in [0.4, 0.5) is 0 Å². The Balaban J connectivity index is 1.45. The first-order valence-corrected chi connectivity index (χ1v) is 8.76. The van der Waals surface area contributed by atoms with Gasteiger partial charge in [-0.15, -0.1) is 0 Å². The van der Waals surface area contributed by atoms with E-state index in [0.29, 0.717) is 34.7 Å². The fourth-order valence-electron chi connectivity index (χ4n) is 2.68. The average Bonchev–Trinajstić information content (AvgIpc) is 3.05. The number of piperidine rings is 1. The van der Waals surface area contributed by atoms with Gasteiger partial charge in [0, 0.05) is 31.3 Å². The number of hydrogen-bond acceptors (Lipinski definition) is 5. The van der Waals surface area contributed by atoms with Crippen LogP contribution in [0.1, 0.15) is 18.6 Å². The number of benzene rings is 1. The molecule has 1 saturated heterocycles. The van der Waals surface area contributed by atoms with Crippen LogP contribution in [0.5, 0.6) is 0 Å². The quantitative estimate of drug-likeness (QED) is 0.786. The minimum Gasteiger partial charge on any atom is -0.393 e. The zero-order valence-electron chi connectivity index (χ0n) is 13.3. The lowest BCUT2D eigenvalue weighted by atomic mass is 10.1. The van der Waals surface area contributed by atoms with Crippen molar-refractivity contribution in [3.05, 3.63) is 40.1 Å². The minimum absolute atomic E-state index is 0.142. The molecule has 0 bridgehead atoms. The Labute approximate surface area is 151 Å². The summed E-state index contributed by atoms with van der Waals surface area (Å²) >= 11 is 11.9. The van der Waals surface area contributed by atoms with Gasteiger partial charge in [-0.05, 0) is 25.0 Å². The summed E-state index contributed by atoms with van der Waals surface area (Å²) in [7, 11) is 0. The van der Waals surface area contributed by atoms with Crippen LogP contribution in [-0.4, -0.2) is 47.5 Å². The van der Waals surface area contributed by atoms with Gasteiger partial charge < -0.3 is 19.3 Å². The summed E-state index contributed by atoms with van der Waals surface area (Å²) < 4.78 is 11.0. The molecule has 0 spiro atoms. The molecule has 1 aromatic carbocycles. The van der Waals surface area contributed by atoms with Crippen molar-refractivity contribution in [2.24, 2.45) is 0 Å². The maximum Gasteiger partial charge on any atom is 0.163 e. The second-order valence-corrected chi connectivity index (χ2v) is 6.75. The van der Waals surface area contributed by atoms with Crippen molar-refractivity contribution in [3.63, 3.8) is 0 Å². The molecule has 1 aromatic heterocycles. The van der Waals surface area contributed by atoms with Crippen molar-refractivity contribution >= 4 is 23.2 Å². The summed E-state index contributed by atoms with van der Waals surface area (Å²) in [5.74, 6) is 0.671. The first-order valence-electron chi connectivity index (χ1n) is 8.01. The number of halogens is 2. The molecule has 2 aromatic rings. The first kappa shape index (κ1) is 17.7. The maximum absolute atomic E-state index is 9.48. The Bertz CT molecular complexity index is 670. The van der Waals surface area contributed by atoms with E-state index in [4.69, 9.17) is 32.5 Å². The standard InChI is InChI=1S/C17H20Cl2N2O3/c18-15-2-1-12(9-16(15)19)17-10-14(24-20-17)11-23-8-7-21-5-3-13(22)4-6-21/h1-2,9-10,13,22H,3-8,11H2. The number of ether oxygens (including phenoxy) is 1. The van der Waals surface area contributed by atoms with Gasteiger partial charge in [0.15, 0.2) is 5.76 Å². The molecule has 2 heterocycles. The number of likely N-dealkylation sites (tertiary alicyclic amines) is 1. The van der Waals surface area contributed by atoms with Gasteiger partial charge in [-0.3, -0.25) is 0 Å². The van der Waals surface area contributed by atoms with Gasteiger partial charge in [-0.1, -0.05) is 34.4 Å². The fourth-order valence-corrected chi connectivity index (χ4v) is 2.98. The fraction of sp³-hybridized carbons (Fsp3) is 0.471. The number of rotatable bonds is 6. The summed E-state index contributed by atoms with van der Waals surface area (Å²) in [6, 6.07) is 7.19. The number of hydrogen-bond donors (Lipinski definition) is 1. The molecular weight excluding hydrogens is 351 g/mol. The Hall–Kier alpha value is -1.11. The van der Waals surface area contributed by atoms with Gasteiger partial charge in [0.25, 0.3) is 0 Å². The molecule has 1 N–H and O–H groups in total. The molecule has 0 amide bonds. The van der Waals surface area contributed by atoms with Crippen molar-refractivity contribution in [2.45, 2.75) is 25.6 Å². The number of aliphatic hydroxyl groups is 1. The predicted molar refractivity (Wildman–Crippen MR) is 93.3 cm³/mol. The van der Waals surface area contributed by atoms with Gasteiger partial charge in [0.1, 0.15) is 12.3 Å². The minimum atomic E-state index is -0.142. The Morgan fingerprint density at radius 1 is 1.21 bits per heavy atom.